The highest BCUT2D eigenvalue weighted by Gasteiger charge is 2.29. The van der Waals surface area contributed by atoms with Crippen LogP contribution in [-0.2, 0) is 6.61 Å². The van der Waals surface area contributed by atoms with Crippen LogP contribution in [-0.4, -0.2) is 22.7 Å². The Hall–Kier alpha value is -1.35. The highest BCUT2D eigenvalue weighted by Crippen LogP contribution is 2.30. The lowest BCUT2D eigenvalue weighted by molar-refractivity contribution is 0.281. The zero-order chi connectivity index (χ0) is 10.7. The second kappa shape index (κ2) is 4.45. The average molecular weight is 204 g/mol. The van der Waals surface area contributed by atoms with Crippen LogP contribution in [0, 0.1) is 0 Å². The van der Waals surface area contributed by atoms with E-state index in [1.54, 1.807) is 6.20 Å². The Bertz CT molecular complexity index is 347. The van der Waals surface area contributed by atoms with E-state index in [9.17, 15) is 0 Å². The van der Waals surface area contributed by atoms with Crippen LogP contribution in [0.15, 0.2) is 31.0 Å². The summed E-state index contributed by atoms with van der Waals surface area (Å²) < 4.78 is 0. The van der Waals surface area contributed by atoms with Gasteiger partial charge in [-0.1, -0.05) is 6.08 Å². The topological polar surface area (TPSA) is 36.4 Å². The van der Waals surface area contributed by atoms with Gasteiger partial charge in [0.1, 0.15) is 5.82 Å². The molecule has 0 bridgehead atoms. The summed E-state index contributed by atoms with van der Waals surface area (Å²) in [5, 5.41) is 9.06. The van der Waals surface area contributed by atoms with Crippen molar-refractivity contribution in [3.05, 3.63) is 36.5 Å². The predicted octanol–water partition coefficient (Wildman–Crippen LogP) is 1.73. The maximum absolute atomic E-state index is 9.06. The van der Waals surface area contributed by atoms with Gasteiger partial charge >= 0.3 is 0 Å². The molecule has 3 heteroatoms. The maximum Gasteiger partial charge on any atom is 0.129 e. The Morgan fingerprint density at radius 1 is 1.60 bits per heavy atom. The maximum atomic E-state index is 9.06. The van der Waals surface area contributed by atoms with Crippen molar-refractivity contribution in [1.82, 2.24) is 4.98 Å². The van der Waals surface area contributed by atoms with E-state index in [1.165, 1.54) is 12.8 Å². The first kappa shape index (κ1) is 10.2. The third-order valence-electron chi connectivity index (χ3n) is 2.60. The van der Waals surface area contributed by atoms with E-state index in [2.05, 4.69) is 16.5 Å². The number of aliphatic hydroxyl groups excluding tert-OH is 1. The highest BCUT2D eigenvalue weighted by molar-refractivity contribution is 5.44. The molecule has 3 nitrogen and oxygen atoms in total. The minimum absolute atomic E-state index is 0.0715. The quantitative estimate of drug-likeness (QED) is 0.742. The van der Waals surface area contributed by atoms with Crippen molar-refractivity contribution in [2.75, 3.05) is 11.4 Å². The van der Waals surface area contributed by atoms with E-state index in [0.29, 0.717) is 6.04 Å². The van der Waals surface area contributed by atoms with Gasteiger partial charge in [-0.2, -0.15) is 0 Å². The summed E-state index contributed by atoms with van der Waals surface area (Å²) in [6.45, 7) is 4.66. The van der Waals surface area contributed by atoms with Gasteiger partial charge in [0.2, 0.25) is 0 Å². The summed E-state index contributed by atoms with van der Waals surface area (Å²) in [6.07, 6.45) is 6.11. The van der Waals surface area contributed by atoms with Crippen LogP contribution >= 0.6 is 0 Å². The van der Waals surface area contributed by atoms with E-state index in [0.717, 1.165) is 17.9 Å². The van der Waals surface area contributed by atoms with Gasteiger partial charge in [-0.15, -0.1) is 6.58 Å². The van der Waals surface area contributed by atoms with Gasteiger partial charge in [-0.3, -0.25) is 0 Å². The van der Waals surface area contributed by atoms with Gasteiger partial charge in [0.15, 0.2) is 0 Å². The largest absolute Gasteiger partial charge is 0.392 e. The van der Waals surface area contributed by atoms with E-state index in [4.69, 9.17) is 5.11 Å². The minimum Gasteiger partial charge on any atom is -0.392 e. The lowest BCUT2D eigenvalue weighted by Gasteiger charge is -2.21. The van der Waals surface area contributed by atoms with E-state index in [-0.39, 0.29) is 6.61 Å². The lowest BCUT2D eigenvalue weighted by atomic mass is 10.2. The van der Waals surface area contributed by atoms with Gasteiger partial charge < -0.3 is 10.0 Å². The van der Waals surface area contributed by atoms with E-state index in [1.807, 2.05) is 18.2 Å². The lowest BCUT2D eigenvalue weighted by Crippen LogP contribution is -2.26. The van der Waals surface area contributed by atoms with Crippen molar-refractivity contribution in [2.24, 2.45) is 0 Å². The molecule has 1 N–H and O–H groups in total. The molecule has 0 atom stereocenters. The standard InChI is InChI=1S/C12H16N2O/c1-2-7-14(11-3-4-11)12-8-10(9-15)5-6-13-12/h2,5-6,8,11,15H,1,3-4,7,9H2. The van der Waals surface area contributed by atoms with Crippen molar-refractivity contribution in [1.29, 1.82) is 0 Å². The zero-order valence-electron chi connectivity index (χ0n) is 8.76. The summed E-state index contributed by atoms with van der Waals surface area (Å²) >= 11 is 0. The Labute approximate surface area is 90.1 Å². The molecule has 1 fully saturated rings. The van der Waals surface area contributed by atoms with Gasteiger partial charge in [0.25, 0.3) is 0 Å². The molecule has 0 aromatic carbocycles. The molecule has 1 heterocycles. The van der Waals surface area contributed by atoms with Crippen LogP contribution in [0.1, 0.15) is 18.4 Å². The summed E-state index contributed by atoms with van der Waals surface area (Å²) in [6, 6.07) is 4.40. The second-order valence-corrected chi connectivity index (χ2v) is 3.85. The minimum atomic E-state index is 0.0715. The summed E-state index contributed by atoms with van der Waals surface area (Å²) in [7, 11) is 0. The normalized spacial score (nSPS) is 15.0. The van der Waals surface area contributed by atoms with Gasteiger partial charge in [0, 0.05) is 18.8 Å². The van der Waals surface area contributed by atoms with Crippen LogP contribution in [0.5, 0.6) is 0 Å². The molecular formula is C12H16N2O. The van der Waals surface area contributed by atoms with Crippen molar-refractivity contribution < 1.29 is 5.11 Å². The number of rotatable bonds is 5. The molecule has 0 amide bonds. The third kappa shape index (κ3) is 2.36. The van der Waals surface area contributed by atoms with Crippen molar-refractivity contribution in [3.8, 4) is 0 Å². The second-order valence-electron chi connectivity index (χ2n) is 3.85. The van der Waals surface area contributed by atoms with Crippen molar-refractivity contribution >= 4 is 5.82 Å². The molecule has 0 radical (unpaired) electrons. The number of aromatic nitrogens is 1. The van der Waals surface area contributed by atoms with E-state index < -0.39 is 0 Å². The molecule has 0 unspecified atom stereocenters. The van der Waals surface area contributed by atoms with Crippen LogP contribution < -0.4 is 4.90 Å². The smallest absolute Gasteiger partial charge is 0.129 e. The van der Waals surface area contributed by atoms with Crippen LogP contribution in [0.4, 0.5) is 5.82 Å². The SMILES string of the molecule is C=CCN(c1cc(CO)ccn1)C1CC1. The first-order valence-corrected chi connectivity index (χ1v) is 5.28. The van der Waals surface area contributed by atoms with Gasteiger partial charge in [-0.05, 0) is 30.5 Å². The molecule has 15 heavy (non-hydrogen) atoms. The highest BCUT2D eigenvalue weighted by atomic mass is 16.3. The summed E-state index contributed by atoms with van der Waals surface area (Å²) in [5.74, 6) is 0.948. The first-order valence-electron chi connectivity index (χ1n) is 5.28. The third-order valence-corrected chi connectivity index (χ3v) is 2.60. The molecule has 1 saturated carbocycles. The van der Waals surface area contributed by atoms with Gasteiger partial charge in [0.05, 0.1) is 6.61 Å². The molecule has 2 rings (SSSR count). The monoisotopic (exact) mass is 204 g/mol. The summed E-state index contributed by atoms with van der Waals surface area (Å²) in [5.41, 5.74) is 0.912. The number of hydrogen-bond acceptors (Lipinski definition) is 3. The fraction of sp³-hybridized carbons (Fsp3) is 0.417. The fourth-order valence-corrected chi connectivity index (χ4v) is 1.67. The molecular weight excluding hydrogens is 188 g/mol. The molecule has 1 aliphatic carbocycles. The van der Waals surface area contributed by atoms with Crippen LogP contribution in [0.3, 0.4) is 0 Å². The predicted molar refractivity (Wildman–Crippen MR) is 60.7 cm³/mol. The molecule has 1 aromatic heterocycles. The van der Waals surface area contributed by atoms with E-state index >= 15 is 0 Å². The number of hydrogen-bond donors (Lipinski definition) is 1. The molecule has 1 aliphatic rings. The number of aliphatic hydroxyl groups is 1. The Kier molecular flexibility index (Phi) is 3.02. The van der Waals surface area contributed by atoms with Crippen LogP contribution in [0.2, 0.25) is 0 Å². The average Bonchev–Trinajstić information content (AvgIpc) is 3.10. The molecule has 0 spiro atoms. The Morgan fingerprint density at radius 2 is 2.40 bits per heavy atom. The molecule has 0 aliphatic heterocycles. The summed E-state index contributed by atoms with van der Waals surface area (Å²) in [4.78, 5) is 6.58. The molecule has 0 saturated heterocycles. The van der Waals surface area contributed by atoms with Crippen molar-refractivity contribution in [3.63, 3.8) is 0 Å². The van der Waals surface area contributed by atoms with Crippen LogP contribution in [0.25, 0.3) is 0 Å². The number of pyridine rings is 1. The fourth-order valence-electron chi connectivity index (χ4n) is 1.67. The Balaban J connectivity index is 2.20. The van der Waals surface area contributed by atoms with Gasteiger partial charge in [-0.25, -0.2) is 4.98 Å². The molecule has 1 aromatic rings. The zero-order valence-corrected chi connectivity index (χ0v) is 8.76. The molecule has 80 valence electrons. The van der Waals surface area contributed by atoms with Crippen molar-refractivity contribution in [2.45, 2.75) is 25.5 Å². The first-order chi connectivity index (χ1) is 7.35. The Morgan fingerprint density at radius 3 is 3.00 bits per heavy atom. The number of anilines is 1. The number of nitrogens with zero attached hydrogens (tertiary/aromatic N) is 2.